The standard InChI is InChI=1S/C29H39F3N3O5P/c1-17(2)29(31,32)16-35(14-24(37)33-15-28(5,30)41)27(40)25(38)22(13-20-9-7-6-8-10-20)34-26(39)21-11-18(3)12-23(36)19(21)4/h6-12,17,22,25,36,38H,13-16,41H2,1-5H3,(H,33,37)(H,34,39). The van der Waals surface area contributed by atoms with E-state index in [-0.39, 0.29) is 23.3 Å². The predicted molar refractivity (Wildman–Crippen MR) is 154 cm³/mol. The van der Waals surface area contributed by atoms with E-state index in [0.717, 1.165) is 0 Å². The average Bonchev–Trinajstić information content (AvgIpc) is 2.87. The van der Waals surface area contributed by atoms with Gasteiger partial charge in [-0.15, -0.1) is 0 Å². The molecule has 4 atom stereocenters. The lowest BCUT2D eigenvalue weighted by Gasteiger charge is -2.33. The quantitative estimate of drug-likeness (QED) is 0.264. The third-order valence-corrected chi connectivity index (χ3v) is 6.75. The smallest absolute Gasteiger partial charge is 0.267 e. The molecular formula is C29H39F3N3O5P. The van der Waals surface area contributed by atoms with Gasteiger partial charge in [0.25, 0.3) is 17.7 Å². The van der Waals surface area contributed by atoms with Gasteiger partial charge in [0.1, 0.15) is 11.2 Å². The summed E-state index contributed by atoms with van der Waals surface area (Å²) in [6.45, 7) is 4.40. The Kier molecular flexibility index (Phi) is 11.7. The van der Waals surface area contributed by atoms with Crippen molar-refractivity contribution < 1.29 is 37.8 Å². The summed E-state index contributed by atoms with van der Waals surface area (Å²) < 4.78 is 43.4. The van der Waals surface area contributed by atoms with E-state index in [4.69, 9.17) is 0 Å². The SMILES string of the molecule is Cc1cc(O)c(C)c(C(=O)NC(Cc2ccccc2)C(O)C(=O)N(CC(=O)NCC(C)(F)P)CC(F)(F)C(C)C)c1. The van der Waals surface area contributed by atoms with Gasteiger partial charge in [-0.2, -0.15) is 0 Å². The highest BCUT2D eigenvalue weighted by atomic mass is 31.0. The normalized spacial score (nSPS) is 14.6. The van der Waals surface area contributed by atoms with Gasteiger partial charge in [0, 0.05) is 17.0 Å². The van der Waals surface area contributed by atoms with Gasteiger partial charge in [-0.1, -0.05) is 53.4 Å². The Morgan fingerprint density at radius 3 is 2.24 bits per heavy atom. The lowest BCUT2D eigenvalue weighted by atomic mass is 9.98. The van der Waals surface area contributed by atoms with Crippen molar-refractivity contribution in [2.24, 2.45) is 5.92 Å². The van der Waals surface area contributed by atoms with Crippen LogP contribution in [0.25, 0.3) is 0 Å². The van der Waals surface area contributed by atoms with Gasteiger partial charge in [-0.05, 0) is 50.5 Å². The Labute approximate surface area is 240 Å². The number of amides is 3. The van der Waals surface area contributed by atoms with Gasteiger partial charge < -0.3 is 25.7 Å². The number of carbonyl (C=O) groups is 3. The molecule has 4 N–H and O–H groups in total. The first-order valence-electron chi connectivity index (χ1n) is 13.2. The number of aromatic hydroxyl groups is 1. The number of aliphatic hydroxyl groups excluding tert-OH is 1. The molecule has 0 aliphatic carbocycles. The monoisotopic (exact) mass is 597 g/mol. The molecule has 8 nitrogen and oxygen atoms in total. The van der Waals surface area contributed by atoms with Gasteiger partial charge in [-0.25, -0.2) is 13.2 Å². The van der Waals surface area contributed by atoms with Crippen LogP contribution >= 0.6 is 9.24 Å². The molecule has 2 rings (SSSR count). The molecule has 0 aromatic heterocycles. The fraction of sp³-hybridized carbons (Fsp3) is 0.483. The van der Waals surface area contributed by atoms with Crippen molar-refractivity contribution in [2.75, 3.05) is 19.6 Å². The van der Waals surface area contributed by atoms with E-state index in [9.17, 15) is 37.8 Å². The largest absolute Gasteiger partial charge is 0.508 e. The topological polar surface area (TPSA) is 119 Å². The van der Waals surface area contributed by atoms with Crippen molar-refractivity contribution >= 4 is 27.0 Å². The number of rotatable bonds is 13. The molecule has 2 aromatic carbocycles. The molecule has 12 heteroatoms. The predicted octanol–water partition coefficient (Wildman–Crippen LogP) is 3.51. The van der Waals surface area contributed by atoms with Crippen molar-refractivity contribution in [1.29, 1.82) is 0 Å². The third kappa shape index (κ3) is 10.3. The van der Waals surface area contributed by atoms with Gasteiger partial charge in [0.05, 0.1) is 25.7 Å². The molecule has 0 aliphatic rings. The lowest BCUT2D eigenvalue weighted by molar-refractivity contribution is -0.152. The molecule has 0 saturated heterocycles. The molecule has 0 bridgehead atoms. The van der Waals surface area contributed by atoms with Crippen molar-refractivity contribution in [1.82, 2.24) is 15.5 Å². The van der Waals surface area contributed by atoms with Crippen molar-refractivity contribution in [2.45, 2.75) is 64.5 Å². The van der Waals surface area contributed by atoms with Gasteiger partial charge >= 0.3 is 0 Å². The summed E-state index contributed by atoms with van der Waals surface area (Å²) in [6, 6.07) is 10.3. The molecule has 2 aromatic rings. The maximum atomic E-state index is 14.8. The van der Waals surface area contributed by atoms with E-state index in [0.29, 0.717) is 16.0 Å². The molecule has 0 spiro atoms. The van der Waals surface area contributed by atoms with E-state index in [1.807, 2.05) is 9.24 Å². The number of alkyl halides is 3. The number of halogens is 3. The molecule has 0 fully saturated rings. The van der Waals surface area contributed by atoms with Crippen LogP contribution in [-0.2, 0) is 16.0 Å². The van der Waals surface area contributed by atoms with Crippen LogP contribution < -0.4 is 10.6 Å². The maximum Gasteiger partial charge on any atom is 0.267 e. The van der Waals surface area contributed by atoms with E-state index < -0.39 is 66.8 Å². The number of hydrogen-bond donors (Lipinski definition) is 4. The summed E-state index contributed by atoms with van der Waals surface area (Å²) in [5.74, 6) is -7.54. The van der Waals surface area contributed by atoms with E-state index >= 15 is 0 Å². The first kappa shape index (κ1) is 34.0. The number of benzene rings is 2. The van der Waals surface area contributed by atoms with Crippen LogP contribution in [0.3, 0.4) is 0 Å². The van der Waals surface area contributed by atoms with Crippen LogP contribution in [0.2, 0.25) is 0 Å². The second-order valence-corrected chi connectivity index (χ2v) is 12.0. The van der Waals surface area contributed by atoms with Crippen molar-refractivity contribution in [3.05, 3.63) is 64.7 Å². The summed E-state index contributed by atoms with van der Waals surface area (Å²) in [7, 11) is 1.89. The van der Waals surface area contributed by atoms with Gasteiger partial charge in [-0.3, -0.25) is 14.4 Å². The van der Waals surface area contributed by atoms with Crippen molar-refractivity contribution in [3.63, 3.8) is 0 Å². The minimum Gasteiger partial charge on any atom is -0.508 e. The summed E-state index contributed by atoms with van der Waals surface area (Å²) in [4.78, 5) is 39.8. The Bertz CT molecular complexity index is 1220. The first-order chi connectivity index (χ1) is 18.9. The molecule has 4 unspecified atom stereocenters. The Balaban J connectivity index is 2.41. The zero-order chi connectivity index (χ0) is 31.1. The summed E-state index contributed by atoms with van der Waals surface area (Å²) in [5.41, 5.74) is 1.61. The average molecular weight is 598 g/mol. The van der Waals surface area contributed by atoms with Crippen molar-refractivity contribution in [3.8, 4) is 5.75 Å². The molecule has 0 saturated carbocycles. The first-order valence-corrected chi connectivity index (χ1v) is 13.7. The van der Waals surface area contributed by atoms with Crippen LogP contribution in [0.1, 0.15) is 47.8 Å². The molecule has 3 amide bonds. The minimum atomic E-state index is -3.42. The number of nitrogens with one attached hydrogen (secondary N) is 2. The second-order valence-electron chi connectivity index (χ2n) is 10.8. The van der Waals surface area contributed by atoms with Crippen LogP contribution in [-0.4, -0.2) is 75.9 Å². The maximum absolute atomic E-state index is 14.8. The van der Waals surface area contributed by atoms with E-state index in [1.54, 1.807) is 37.3 Å². The Morgan fingerprint density at radius 1 is 1.07 bits per heavy atom. The molecule has 226 valence electrons. The Hall–Kier alpha value is -3.17. The summed E-state index contributed by atoms with van der Waals surface area (Å²) in [5, 5.41) is 24.4. The van der Waals surface area contributed by atoms with E-state index in [2.05, 4.69) is 10.6 Å². The molecular weight excluding hydrogens is 558 g/mol. The number of phenolic OH excluding ortho intramolecular Hbond substituents is 1. The highest BCUT2D eigenvalue weighted by Gasteiger charge is 2.41. The highest BCUT2D eigenvalue weighted by Crippen LogP contribution is 2.26. The number of aliphatic hydroxyl groups is 1. The number of hydrogen-bond acceptors (Lipinski definition) is 5. The minimum absolute atomic E-state index is 0.0514. The Morgan fingerprint density at radius 2 is 1.68 bits per heavy atom. The molecule has 41 heavy (non-hydrogen) atoms. The number of phenols is 1. The third-order valence-electron chi connectivity index (χ3n) is 6.54. The molecule has 0 aliphatic heterocycles. The second kappa shape index (κ2) is 14.1. The lowest BCUT2D eigenvalue weighted by Crippen LogP contribution is -2.56. The summed E-state index contributed by atoms with van der Waals surface area (Å²) >= 11 is 0. The van der Waals surface area contributed by atoms with Crippen LogP contribution in [0.5, 0.6) is 5.75 Å². The molecule has 0 heterocycles. The van der Waals surface area contributed by atoms with E-state index in [1.165, 1.54) is 39.8 Å². The zero-order valence-corrected chi connectivity index (χ0v) is 25.0. The highest BCUT2D eigenvalue weighted by molar-refractivity contribution is 7.18. The fourth-order valence-electron chi connectivity index (χ4n) is 3.94. The molecule has 0 radical (unpaired) electrons. The van der Waals surface area contributed by atoms with Crippen LogP contribution in [0.15, 0.2) is 42.5 Å². The number of aryl methyl sites for hydroxylation is 1. The zero-order valence-electron chi connectivity index (χ0n) is 23.9. The van der Waals surface area contributed by atoms with Crippen LogP contribution in [0.4, 0.5) is 13.2 Å². The van der Waals surface area contributed by atoms with Crippen LogP contribution in [0, 0.1) is 19.8 Å². The number of carbonyl (C=O) groups excluding carboxylic acids is 3. The number of nitrogens with zero attached hydrogens (tertiary/aromatic N) is 1. The van der Waals surface area contributed by atoms with Gasteiger partial charge in [0.2, 0.25) is 5.91 Å². The summed E-state index contributed by atoms with van der Waals surface area (Å²) in [6.07, 6.45) is -2.08. The fourth-order valence-corrected chi connectivity index (χ4v) is 4.04. The van der Waals surface area contributed by atoms with Gasteiger partial charge in [0.15, 0.2) is 6.10 Å².